The second-order valence-electron chi connectivity index (χ2n) is 6.57. The molecule has 0 fully saturated rings. The van der Waals surface area contributed by atoms with Crippen LogP contribution in [-0.4, -0.2) is 14.2 Å². The summed E-state index contributed by atoms with van der Waals surface area (Å²) in [5.74, 6) is 1.66. The molecular weight excluding hydrogens is 376 g/mol. The Hall–Kier alpha value is -3.91. The Morgan fingerprint density at radius 2 is 1.57 bits per heavy atom. The van der Waals surface area contributed by atoms with Crippen molar-refractivity contribution in [2.24, 2.45) is 0 Å². The molecule has 0 aliphatic heterocycles. The van der Waals surface area contributed by atoms with Crippen LogP contribution in [-0.2, 0) is 13.0 Å². The average molecular weight is 400 g/mol. The van der Waals surface area contributed by atoms with Gasteiger partial charge in [0.05, 0.1) is 20.3 Å². The standard InChI is InChI=1S/C25H24N2O3/c1-28-23-14-20(13-21(16-26)17-27-22-11-7-4-8-12-22)15-24(25(23)29-2)30-18-19-9-5-3-6-10-19/h3-12,14-15,17,27H,13,18H2,1-2H3/b21-17+. The maximum absolute atomic E-state index is 9.57. The Bertz CT molecular complexity index is 1030. The highest BCUT2D eigenvalue weighted by atomic mass is 16.5. The molecule has 0 atom stereocenters. The number of hydrogen-bond donors (Lipinski definition) is 1. The second-order valence-corrected chi connectivity index (χ2v) is 6.57. The number of hydrogen-bond acceptors (Lipinski definition) is 5. The third-order valence-corrected chi connectivity index (χ3v) is 4.47. The maximum Gasteiger partial charge on any atom is 0.203 e. The van der Waals surface area contributed by atoms with Gasteiger partial charge in [-0.25, -0.2) is 0 Å². The van der Waals surface area contributed by atoms with Gasteiger partial charge in [-0.15, -0.1) is 0 Å². The van der Waals surface area contributed by atoms with E-state index in [-0.39, 0.29) is 0 Å². The molecular formula is C25H24N2O3. The number of nitrogens with one attached hydrogen (secondary N) is 1. The van der Waals surface area contributed by atoms with Crippen LogP contribution in [0.4, 0.5) is 5.69 Å². The highest BCUT2D eigenvalue weighted by molar-refractivity contribution is 5.55. The molecule has 0 radical (unpaired) electrons. The van der Waals surface area contributed by atoms with E-state index in [0.717, 1.165) is 16.8 Å². The summed E-state index contributed by atoms with van der Waals surface area (Å²) in [6.45, 7) is 0.403. The zero-order valence-electron chi connectivity index (χ0n) is 17.1. The fraction of sp³-hybridized carbons (Fsp3) is 0.160. The van der Waals surface area contributed by atoms with E-state index in [2.05, 4.69) is 11.4 Å². The van der Waals surface area contributed by atoms with Crippen LogP contribution in [0, 0.1) is 11.3 Å². The third-order valence-electron chi connectivity index (χ3n) is 4.47. The van der Waals surface area contributed by atoms with Gasteiger partial charge < -0.3 is 19.5 Å². The zero-order chi connectivity index (χ0) is 21.2. The molecule has 30 heavy (non-hydrogen) atoms. The summed E-state index contributed by atoms with van der Waals surface area (Å²) in [4.78, 5) is 0. The molecule has 0 saturated carbocycles. The van der Waals surface area contributed by atoms with Crippen LogP contribution in [0.3, 0.4) is 0 Å². The van der Waals surface area contributed by atoms with Crippen molar-refractivity contribution in [3.05, 3.63) is 95.7 Å². The largest absolute Gasteiger partial charge is 0.493 e. The Balaban J connectivity index is 1.82. The van der Waals surface area contributed by atoms with E-state index in [9.17, 15) is 5.26 Å². The first-order valence-electron chi connectivity index (χ1n) is 9.56. The van der Waals surface area contributed by atoms with Gasteiger partial charge in [0.2, 0.25) is 5.75 Å². The molecule has 3 aromatic rings. The highest BCUT2D eigenvalue weighted by Crippen LogP contribution is 2.39. The minimum Gasteiger partial charge on any atom is -0.493 e. The van der Waals surface area contributed by atoms with Gasteiger partial charge in [0.15, 0.2) is 11.5 Å². The Labute approximate surface area is 177 Å². The molecule has 5 heteroatoms. The van der Waals surface area contributed by atoms with Crippen LogP contribution in [0.15, 0.2) is 84.6 Å². The zero-order valence-corrected chi connectivity index (χ0v) is 17.1. The van der Waals surface area contributed by atoms with Crippen molar-refractivity contribution in [2.75, 3.05) is 19.5 Å². The minimum absolute atomic E-state index is 0.403. The average Bonchev–Trinajstić information content (AvgIpc) is 2.81. The lowest BCUT2D eigenvalue weighted by Crippen LogP contribution is -2.02. The second kappa shape index (κ2) is 10.6. The molecule has 5 nitrogen and oxygen atoms in total. The van der Waals surface area contributed by atoms with Crippen molar-refractivity contribution < 1.29 is 14.2 Å². The Kier molecular flexibility index (Phi) is 7.34. The van der Waals surface area contributed by atoms with Gasteiger partial charge in [0.25, 0.3) is 0 Å². The first-order chi connectivity index (χ1) is 14.7. The van der Waals surface area contributed by atoms with Crippen LogP contribution in [0.1, 0.15) is 11.1 Å². The molecule has 0 amide bonds. The van der Waals surface area contributed by atoms with Crippen molar-refractivity contribution in [3.8, 4) is 23.3 Å². The van der Waals surface area contributed by atoms with E-state index >= 15 is 0 Å². The van der Waals surface area contributed by atoms with Crippen molar-refractivity contribution >= 4 is 5.69 Å². The van der Waals surface area contributed by atoms with E-state index in [0.29, 0.717) is 35.8 Å². The minimum atomic E-state index is 0.403. The van der Waals surface area contributed by atoms with Gasteiger partial charge in [-0.2, -0.15) is 5.26 Å². The lowest BCUT2D eigenvalue weighted by molar-refractivity contribution is 0.275. The first kappa shape index (κ1) is 20.8. The summed E-state index contributed by atoms with van der Waals surface area (Å²) in [6, 6.07) is 25.6. The molecule has 0 bridgehead atoms. The summed E-state index contributed by atoms with van der Waals surface area (Å²) >= 11 is 0. The SMILES string of the molecule is COc1cc(C/C(C#N)=C\Nc2ccccc2)cc(OCc2ccccc2)c1OC. The van der Waals surface area contributed by atoms with E-state index in [1.807, 2.05) is 72.8 Å². The number of anilines is 1. The van der Waals surface area contributed by atoms with E-state index in [1.54, 1.807) is 20.4 Å². The molecule has 152 valence electrons. The lowest BCUT2D eigenvalue weighted by atomic mass is 10.1. The molecule has 3 aromatic carbocycles. The molecule has 0 aliphatic carbocycles. The van der Waals surface area contributed by atoms with E-state index < -0.39 is 0 Å². The summed E-state index contributed by atoms with van der Waals surface area (Å²) in [5, 5.41) is 12.7. The number of benzene rings is 3. The van der Waals surface area contributed by atoms with Crippen molar-refractivity contribution in [3.63, 3.8) is 0 Å². The number of rotatable bonds is 9. The highest BCUT2D eigenvalue weighted by Gasteiger charge is 2.15. The summed E-state index contributed by atoms with van der Waals surface area (Å²) in [7, 11) is 3.16. The number of para-hydroxylation sites is 1. The third kappa shape index (κ3) is 5.55. The quantitative estimate of drug-likeness (QED) is 0.491. The lowest BCUT2D eigenvalue weighted by Gasteiger charge is -2.16. The molecule has 0 saturated heterocycles. The van der Waals surface area contributed by atoms with Gasteiger partial charge in [0.1, 0.15) is 6.61 Å². The molecule has 0 spiro atoms. The van der Waals surface area contributed by atoms with Gasteiger partial charge in [0, 0.05) is 23.9 Å². The topological polar surface area (TPSA) is 63.5 Å². The molecule has 0 heterocycles. The summed E-state index contributed by atoms with van der Waals surface area (Å²) in [6.07, 6.45) is 2.15. The van der Waals surface area contributed by atoms with Gasteiger partial charge in [-0.05, 0) is 35.4 Å². The number of nitriles is 1. The molecule has 3 rings (SSSR count). The predicted octanol–water partition coefficient (Wildman–Crippen LogP) is 5.34. The van der Waals surface area contributed by atoms with Crippen molar-refractivity contribution in [1.29, 1.82) is 5.26 Å². The fourth-order valence-corrected chi connectivity index (χ4v) is 2.98. The molecule has 0 unspecified atom stereocenters. The van der Waals surface area contributed by atoms with E-state index in [1.165, 1.54) is 0 Å². The fourth-order valence-electron chi connectivity index (χ4n) is 2.98. The van der Waals surface area contributed by atoms with E-state index in [4.69, 9.17) is 14.2 Å². The van der Waals surface area contributed by atoms with Crippen molar-refractivity contribution in [1.82, 2.24) is 0 Å². The van der Waals surface area contributed by atoms with Gasteiger partial charge >= 0.3 is 0 Å². The first-order valence-corrected chi connectivity index (χ1v) is 9.56. The summed E-state index contributed by atoms with van der Waals surface area (Å²) in [5.41, 5.74) is 3.44. The maximum atomic E-state index is 9.57. The smallest absolute Gasteiger partial charge is 0.203 e. The number of nitrogens with zero attached hydrogens (tertiary/aromatic N) is 1. The molecule has 0 aromatic heterocycles. The van der Waals surface area contributed by atoms with Gasteiger partial charge in [-0.3, -0.25) is 0 Å². The number of ether oxygens (including phenoxy) is 3. The van der Waals surface area contributed by atoms with Crippen LogP contribution >= 0.6 is 0 Å². The molecule has 0 aliphatic rings. The van der Waals surface area contributed by atoms with Gasteiger partial charge in [-0.1, -0.05) is 48.5 Å². The van der Waals surface area contributed by atoms with Crippen LogP contribution in [0.2, 0.25) is 0 Å². The Morgan fingerprint density at radius 1 is 0.900 bits per heavy atom. The van der Waals surface area contributed by atoms with Crippen LogP contribution in [0.5, 0.6) is 17.2 Å². The van der Waals surface area contributed by atoms with Crippen LogP contribution < -0.4 is 19.5 Å². The monoisotopic (exact) mass is 400 g/mol. The normalized spacial score (nSPS) is 10.8. The number of methoxy groups -OCH3 is 2. The summed E-state index contributed by atoms with van der Waals surface area (Å²) < 4.78 is 17.0. The van der Waals surface area contributed by atoms with Crippen molar-refractivity contribution in [2.45, 2.75) is 13.0 Å². The van der Waals surface area contributed by atoms with Crippen LogP contribution in [0.25, 0.3) is 0 Å². The molecule has 1 N–H and O–H groups in total. The number of allylic oxidation sites excluding steroid dienone is 1. The predicted molar refractivity (Wildman–Crippen MR) is 118 cm³/mol. The Morgan fingerprint density at radius 3 is 2.20 bits per heavy atom.